The van der Waals surface area contributed by atoms with Crippen LogP contribution in [0.15, 0.2) is 67.3 Å². The summed E-state index contributed by atoms with van der Waals surface area (Å²) in [6, 6.07) is 16.8. The Morgan fingerprint density at radius 3 is 2.58 bits per heavy atom. The molecule has 0 spiro atoms. The lowest BCUT2D eigenvalue weighted by molar-refractivity contribution is 0.297. The van der Waals surface area contributed by atoms with Crippen LogP contribution in [-0.4, -0.2) is 44.2 Å². The monoisotopic (exact) mass is 441 g/mol. The summed E-state index contributed by atoms with van der Waals surface area (Å²) in [6.07, 6.45) is 9.22. The van der Waals surface area contributed by atoms with Gasteiger partial charge in [-0.05, 0) is 74.2 Å². The topological polar surface area (TPSA) is 66.2 Å². The third-order valence-electron chi connectivity index (χ3n) is 6.55. The fourth-order valence-corrected chi connectivity index (χ4v) is 4.71. The maximum Gasteiger partial charge on any atom is 0.137 e. The van der Waals surface area contributed by atoms with Crippen LogP contribution in [0.4, 0.5) is 5.82 Å². The van der Waals surface area contributed by atoms with E-state index < -0.39 is 0 Å². The van der Waals surface area contributed by atoms with Crippen molar-refractivity contribution in [2.24, 2.45) is 0 Å². The summed E-state index contributed by atoms with van der Waals surface area (Å²) in [6.45, 7) is 5.57. The molecular weight excluding hydrogens is 410 g/mol. The molecule has 6 heteroatoms. The van der Waals surface area contributed by atoms with Crippen molar-refractivity contribution in [1.82, 2.24) is 19.4 Å². The third kappa shape index (κ3) is 4.77. The van der Waals surface area contributed by atoms with Gasteiger partial charge in [-0.3, -0.25) is 4.90 Å². The quantitative estimate of drug-likeness (QED) is 0.414. The van der Waals surface area contributed by atoms with E-state index in [1.54, 1.807) is 6.33 Å². The Kier molecular flexibility index (Phi) is 6.37. The van der Waals surface area contributed by atoms with Crippen LogP contribution in [-0.2, 0) is 13.0 Å². The predicted octanol–water partition coefficient (Wildman–Crippen LogP) is 4.72. The number of benzene rings is 2. The molecule has 2 aromatic carbocycles. The van der Waals surface area contributed by atoms with Crippen molar-refractivity contribution in [3.8, 4) is 5.69 Å². The highest BCUT2D eigenvalue weighted by Gasteiger charge is 2.16. The van der Waals surface area contributed by atoms with E-state index in [1.807, 2.05) is 6.07 Å². The van der Waals surface area contributed by atoms with Gasteiger partial charge in [0, 0.05) is 42.7 Å². The lowest BCUT2D eigenvalue weighted by atomic mass is 10.1. The van der Waals surface area contributed by atoms with Crippen LogP contribution >= 0.6 is 0 Å². The van der Waals surface area contributed by atoms with Crippen LogP contribution in [0.1, 0.15) is 42.5 Å². The minimum absolute atomic E-state index is 0.128. The second-order valence-corrected chi connectivity index (χ2v) is 8.87. The van der Waals surface area contributed by atoms with Crippen LogP contribution < -0.4 is 5.32 Å². The molecule has 1 aliphatic rings. The molecule has 4 aromatic rings. The standard InChI is InChI=1S/C27H31N5O/c1-20(21-7-3-2-4-8-21)30-27-25-15-24(9-10-26(25)28-19-29-27)32-17-22(11-14-33)23(18-32)16-31-12-5-6-13-31/h2-4,7-10,15,17-20,33H,5-6,11-14,16H2,1H3,(H,28,29,30). The molecule has 1 aliphatic heterocycles. The van der Waals surface area contributed by atoms with E-state index in [0.717, 1.165) is 42.0 Å². The van der Waals surface area contributed by atoms with Gasteiger partial charge in [0.25, 0.3) is 0 Å². The van der Waals surface area contributed by atoms with Gasteiger partial charge in [0.2, 0.25) is 0 Å². The van der Waals surface area contributed by atoms with Crippen LogP contribution in [0, 0.1) is 0 Å². The van der Waals surface area contributed by atoms with Crippen molar-refractivity contribution in [1.29, 1.82) is 0 Å². The van der Waals surface area contributed by atoms with E-state index in [0.29, 0.717) is 6.42 Å². The number of anilines is 1. The molecule has 1 unspecified atom stereocenters. The van der Waals surface area contributed by atoms with E-state index >= 15 is 0 Å². The normalized spacial score (nSPS) is 15.2. The summed E-state index contributed by atoms with van der Waals surface area (Å²) in [5.74, 6) is 0.832. The van der Waals surface area contributed by atoms with Gasteiger partial charge in [0.05, 0.1) is 5.52 Å². The zero-order chi connectivity index (χ0) is 22.6. The number of rotatable bonds is 8. The molecule has 0 aliphatic carbocycles. The first kappa shape index (κ1) is 21.6. The summed E-state index contributed by atoms with van der Waals surface area (Å²) in [7, 11) is 0. The molecule has 3 heterocycles. The SMILES string of the molecule is CC(Nc1ncnc2ccc(-n3cc(CCO)c(CN4CCCC4)c3)cc12)c1ccccc1. The predicted molar refractivity (Wildman–Crippen MR) is 133 cm³/mol. The molecule has 6 nitrogen and oxygen atoms in total. The van der Waals surface area contributed by atoms with Crippen molar-refractivity contribution in [2.75, 3.05) is 25.0 Å². The third-order valence-corrected chi connectivity index (χ3v) is 6.55. The molecular formula is C27H31N5O. The lowest BCUT2D eigenvalue weighted by Crippen LogP contribution is -2.18. The molecule has 0 amide bonds. The van der Waals surface area contributed by atoms with Crippen molar-refractivity contribution < 1.29 is 5.11 Å². The van der Waals surface area contributed by atoms with Crippen LogP contribution in [0.25, 0.3) is 16.6 Å². The maximum atomic E-state index is 9.59. The largest absolute Gasteiger partial charge is 0.396 e. The average Bonchev–Trinajstić information content (AvgIpc) is 3.50. The molecule has 33 heavy (non-hydrogen) atoms. The molecule has 0 bridgehead atoms. The van der Waals surface area contributed by atoms with Gasteiger partial charge in [-0.1, -0.05) is 30.3 Å². The number of aliphatic hydroxyl groups excluding tert-OH is 1. The van der Waals surface area contributed by atoms with Gasteiger partial charge < -0.3 is 15.0 Å². The lowest BCUT2D eigenvalue weighted by Gasteiger charge is -2.16. The smallest absolute Gasteiger partial charge is 0.137 e. The molecule has 1 atom stereocenters. The fourth-order valence-electron chi connectivity index (χ4n) is 4.71. The van der Waals surface area contributed by atoms with Gasteiger partial charge in [-0.25, -0.2) is 9.97 Å². The number of nitrogens with zero attached hydrogens (tertiary/aromatic N) is 4. The Bertz CT molecular complexity index is 1210. The number of nitrogens with one attached hydrogen (secondary N) is 1. The summed E-state index contributed by atoms with van der Waals surface area (Å²) in [5, 5.41) is 14.2. The second-order valence-electron chi connectivity index (χ2n) is 8.87. The highest BCUT2D eigenvalue weighted by Crippen LogP contribution is 2.27. The van der Waals surface area contributed by atoms with E-state index in [1.165, 1.54) is 29.5 Å². The van der Waals surface area contributed by atoms with Gasteiger partial charge in [-0.15, -0.1) is 0 Å². The number of hydrogen-bond acceptors (Lipinski definition) is 5. The Balaban J connectivity index is 1.47. The van der Waals surface area contributed by atoms with E-state index in [4.69, 9.17) is 0 Å². The Morgan fingerprint density at radius 2 is 1.79 bits per heavy atom. The summed E-state index contributed by atoms with van der Waals surface area (Å²) < 4.78 is 2.17. The molecule has 170 valence electrons. The first-order chi connectivity index (χ1) is 16.2. The van der Waals surface area contributed by atoms with Gasteiger partial charge in [0.15, 0.2) is 0 Å². The van der Waals surface area contributed by atoms with E-state index in [-0.39, 0.29) is 12.6 Å². The van der Waals surface area contributed by atoms with Crippen molar-refractivity contribution in [2.45, 2.75) is 38.8 Å². The van der Waals surface area contributed by atoms with Crippen LogP contribution in [0.5, 0.6) is 0 Å². The van der Waals surface area contributed by atoms with Crippen LogP contribution in [0.3, 0.4) is 0 Å². The fraction of sp³-hybridized carbons (Fsp3) is 0.333. The zero-order valence-electron chi connectivity index (χ0n) is 19.1. The molecule has 0 radical (unpaired) electrons. The van der Waals surface area contributed by atoms with Gasteiger partial charge in [0.1, 0.15) is 12.1 Å². The number of likely N-dealkylation sites (tertiary alicyclic amines) is 1. The van der Waals surface area contributed by atoms with E-state index in [9.17, 15) is 5.11 Å². The summed E-state index contributed by atoms with van der Waals surface area (Å²) >= 11 is 0. The minimum atomic E-state index is 0.128. The van der Waals surface area contributed by atoms with Crippen molar-refractivity contribution in [3.63, 3.8) is 0 Å². The molecule has 1 saturated heterocycles. The first-order valence-electron chi connectivity index (χ1n) is 11.8. The molecule has 2 aromatic heterocycles. The number of aliphatic hydroxyl groups is 1. The van der Waals surface area contributed by atoms with Crippen molar-refractivity contribution in [3.05, 3.63) is 83.9 Å². The first-order valence-corrected chi connectivity index (χ1v) is 11.8. The maximum absolute atomic E-state index is 9.59. The van der Waals surface area contributed by atoms with E-state index in [2.05, 4.69) is 86.5 Å². The highest BCUT2D eigenvalue weighted by molar-refractivity contribution is 5.90. The average molecular weight is 442 g/mol. The van der Waals surface area contributed by atoms with Gasteiger partial charge >= 0.3 is 0 Å². The summed E-state index contributed by atoms with van der Waals surface area (Å²) in [4.78, 5) is 11.5. The number of aromatic nitrogens is 3. The zero-order valence-corrected chi connectivity index (χ0v) is 19.1. The molecule has 5 rings (SSSR count). The highest BCUT2D eigenvalue weighted by atomic mass is 16.2. The second kappa shape index (κ2) is 9.73. The Morgan fingerprint density at radius 1 is 1.00 bits per heavy atom. The van der Waals surface area contributed by atoms with Gasteiger partial charge in [-0.2, -0.15) is 0 Å². The molecule has 2 N–H and O–H groups in total. The Labute approximate surface area is 194 Å². The number of fused-ring (bicyclic) bond motifs is 1. The Hall–Kier alpha value is -3.22. The summed E-state index contributed by atoms with van der Waals surface area (Å²) in [5.41, 5.74) is 5.71. The molecule has 0 saturated carbocycles. The van der Waals surface area contributed by atoms with Crippen molar-refractivity contribution >= 4 is 16.7 Å². The van der Waals surface area contributed by atoms with Crippen LogP contribution in [0.2, 0.25) is 0 Å². The number of hydrogen-bond donors (Lipinski definition) is 2. The molecule has 1 fully saturated rings. The minimum Gasteiger partial charge on any atom is -0.396 e.